The Morgan fingerprint density at radius 1 is 1.48 bits per heavy atom. The molecular weight excluding hydrogens is 282 g/mol. The van der Waals surface area contributed by atoms with Crippen LogP contribution in [-0.4, -0.2) is 17.4 Å². The van der Waals surface area contributed by atoms with Crippen LogP contribution in [0.2, 0.25) is 0 Å². The quantitative estimate of drug-likeness (QED) is 0.944. The van der Waals surface area contributed by atoms with Gasteiger partial charge in [0.25, 0.3) is 0 Å². The summed E-state index contributed by atoms with van der Waals surface area (Å²) in [4.78, 5) is 18.5. The van der Waals surface area contributed by atoms with E-state index in [1.54, 1.807) is 0 Å². The molecule has 0 saturated carbocycles. The van der Waals surface area contributed by atoms with E-state index in [4.69, 9.17) is 5.73 Å². The lowest BCUT2D eigenvalue weighted by molar-refractivity contribution is -0.118. The fourth-order valence-electron chi connectivity index (χ4n) is 2.78. The molecule has 4 nitrogen and oxygen atoms in total. The molecule has 0 fully saturated rings. The first-order valence-corrected chi connectivity index (χ1v) is 8.21. The van der Waals surface area contributed by atoms with Crippen LogP contribution < -0.4 is 10.6 Å². The number of hydrogen-bond acceptors (Lipinski definition) is 4. The number of nitrogens with two attached hydrogens (primary N) is 1. The molecule has 2 aromatic rings. The van der Waals surface area contributed by atoms with Crippen molar-refractivity contribution in [3.8, 4) is 11.3 Å². The second kappa shape index (κ2) is 5.85. The molecule has 21 heavy (non-hydrogen) atoms. The number of amides is 1. The maximum Gasteiger partial charge on any atom is 0.226 e. The van der Waals surface area contributed by atoms with Crippen LogP contribution in [0.15, 0.2) is 23.6 Å². The molecular formula is C16H19N3OS. The summed E-state index contributed by atoms with van der Waals surface area (Å²) in [7, 11) is 0. The predicted molar refractivity (Wildman–Crippen MR) is 87.5 cm³/mol. The number of anilines is 2. The number of thiazole rings is 1. The van der Waals surface area contributed by atoms with Crippen molar-refractivity contribution in [3.63, 3.8) is 0 Å². The summed E-state index contributed by atoms with van der Waals surface area (Å²) >= 11 is 1.45. The first-order valence-electron chi connectivity index (χ1n) is 7.33. The topological polar surface area (TPSA) is 59.2 Å². The molecule has 1 aliphatic heterocycles. The SMILES string of the molecule is CCCC(=O)N1CCCc2cc(-c3csc(N)n3)ccc21. The molecule has 1 amide bonds. The highest BCUT2D eigenvalue weighted by Crippen LogP contribution is 2.32. The van der Waals surface area contributed by atoms with Gasteiger partial charge in [-0.05, 0) is 37.0 Å². The van der Waals surface area contributed by atoms with Crippen LogP contribution in [0, 0.1) is 0 Å². The molecule has 1 aromatic heterocycles. The van der Waals surface area contributed by atoms with E-state index in [1.807, 2.05) is 29.3 Å². The van der Waals surface area contributed by atoms with Gasteiger partial charge in [-0.2, -0.15) is 0 Å². The summed E-state index contributed by atoms with van der Waals surface area (Å²) in [5, 5.41) is 2.56. The highest BCUT2D eigenvalue weighted by molar-refractivity contribution is 7.13. The Bertz CT molecular complexity index is 665. The Kier molecular flexibility index (Phi) is 3.92. The number of aryl methyl sites for hydroxylation is 1. The van der Waals surface area contributed by atoms with Crippen LogP contribution in [0.1, 0.15) is 31.7 Å². The molecule has 0 radical (unpaired) electrons. The first-order chi connectivity index (χ1) is 10.2. The zero-order chi connectivity index (χ0) is 14.8. The number of carbonyl (C=O) groups excluding carboxylic acids is 1. The summed E-state index contributed by atoms with van der Waals surface area (Å²) < 4.78 is 0. The Labute approximate surface area is 128 Å². The number of hydrogen-bond donors (Lipinski definition) is 1. The number of nitrogens with zero attached hydrogens (tertiary/aromatic N) is 2. The lowest BCUT2D eigenvalue weighted by atomic mass is 9.98. The molecule has 1 aliphatic rings. The largest absolute Gasteiger partial charge is 0.375 e. The first kappa shape index (κ1) is 14.1. The van der Waals surface area contributed by atoms with E-state index in [1.165, 1.54) is 16.9 Å². The normalized spacial score (nSPS) is 14.0. The summed E-state index contributed by atoms with van der Waals surface area (Å²) in [5.41, 5.74) is 9.99. The number of aromatic nitrogens is 1. The van der Waals surface area contributed by atoms with Crippen LogP contribution in [0.5, 0.6) is 0 Å². The third kappa shape index (κ3) is 2.78. The van der Waals surface area contributed by atoms with Gasteiger partial charge < -0.3 is 10.6 Å². The molecule has 0 unspecified atom stereocenters. The van der Waals surface area contributed by atoms with Crippen molar-refractivity contribution in [1.29, 1.82) is 0 Å². The summed E-state index contributed by atoms with van der Waals surface area (Å²) in [6.45, 7) is 2.87. The second-order valence-electron chi connectivity index (χ2n) is 5.31. The van der Waals surface area contributed by atoms with E-state index in [9.17, 15) is 4.79 Å². The fourth-order valence-corrected chi connectivity index (χ4v) is 3.36. The molecule has 0 saturated heterocycles. The van der Waals surface area contributed by atoms with E-state index in [2.05, 4.69) is 11.1 Å². The van der Waals surface area contributed by atoms with Gasteiger partial charge in [0.15, 0.2) is 5.13 Å². The van der Waals surface area contributed by atoms with Crippen LogP contribution in [-0.2, 0) is 11.2 Å². The zero-order valence-corrected chi connectivity index (χ0v) is 12.9. The maximum atomic E-state index is 12.2. The molecule has 0 atom stereocenters. The van der Waals surface area contributed by atoms with Crippen molar-refractivity contribution in [2.24, 2.45) is 0 Å². The third-order valence-electron chi connectivity index (χ3n) is 3.78. The highest BCUT2D eigenvalue weighted by Gasteiger charge is 2.22. The van der Waals surface area contributed by atoms with Crippen molar-refractivity contribution >= 4 is 28.1 Å². The zero-order valence-electron chi connectivity index (χ0n) is 12.1. The minimum absolute atomic E-state index is 0.226. The van der Waals surface area contributed by atoms with Gasteiger partial charge >= 0.3 is 0 Å². The van der Waals surface area contributed by atoms with E-state index >= 15 is 0 Å². The summed E-state index contributed by atoms with van der Waals surface area (Å²) in [6.07, 6.45) is 3.54. The van der Waals surface area contributed by atoms with Gasteiger partial charge in [-0.1, -0.05) is 13.0 Å². The Morgan fingerprint density at radius 3 is 3.05 bits per heavy atom. The highest BCUT2D eigenvalue weighted by atomic mass is 32.1. The van der Waals surface area contributed by atoms with Crippen molar-refractivity contribution in [3.05, 3.63) is 29.1 Å². The van der Waals surface area contributed by atoms with Crippen molar-refractivity contribution in [1.82, 2.24) is 4.98 Å². The lowest BCUT2D eigenvalue weighted by Gasteiger charge is -2.30. The van der Waals surface area contributed by atoms with Gasteiger partial charge in [0.2, 0.25) is 5.91 Å². The Balaban J connectivity index is 1.93. The molecule has 0 bridgehead atoms. The third-order valence-corrected chi connectivity index (χ3v) is 4.45. The monoisotopic (exact) mass is 301 g/mol. The fraction of sp³-hybridized carbons (Fsp3) is 0.375. The van der Waals surface area contributed by atoms with Gasteiger partial charge in [0.05, 0.1) is 5.69 Å². The smallest absolute Gasteiger partial charge is 0.226 e. The Morgan fingerprint density at radius 2 is 2.33 bits per heavy atom. The minimum Gasteiger partial charge on any atom is -0.375 e. The standard InChI is InChI=1S/C16H19N3OS/c1-2-4-15(20)19-8-3-5-12-9-11(6-7-14(12)19)13-10-21-16(17)18-13/h6-7,9-10H,2-5,8H2,1H3,(H2,17,18). The van der Waals surface area contributed by atoms with Crippen LogP contribution in [0.3, 0.4) is 0 Å². The Hall–Kier alpha value is -1.88. The van der Waals surface area contributed by atoms with Crippen molar-refractivity contribution in [2.75, 3.05) is 17.2 Å². The second-order valence-corrected chi connectivity index (χ2v) is 6.20. The number of rotatable bonds is 3. The van der Waals surface area contributed by atoms with E-state index in [0.717, 1.165) is 42.8 Å². The average Bonchev–Trinajstić information content (AvgIpc) is 2.93. The van der Waals surface area contributed by atoms with Crippen LogP contribution >= 0.6 is 11.3 Å². The van der Waals surface area contributed by atoms with Crippen molar-refractivity contribution in [2.45, 2.75) is 32.6 Å². The molecule has 1 aromatic carbocycles. The van der Waals surface area contributed by atoms with Gasteiger partial charge in [-0.15, -0.1) is 11.3 Å². The van der Waals surface area contributed by atoms with Gasteiger partial charge in [0, 0.05) is 29.6 Å². The van der Waals surface area contributed by atoms with Gasteiger partial charge in [0.1, 0.15) is 0 Å². The molecule has 110 valence electrons. The molecule has 0 aliphatic carbocycles. The lowest BCUT2D eigenvalue weighted by Crippen LogP contribution is -2.35. The number of benzene rings is 1. The average molecular weight is 301 g/mol. The van der Waals surface area contributed by atoms with Crippen molar-refractivity contribution < 1.29 is 4.79 Å². The summed E-state index contributed by atoms with van der Waals surface area (Å²) in [6, 6.07) is 6.23. The summed E-state index contributed by atoms with van der Waals surface area (Å²) in [5.74, 6) is 0.226. The van der Waals surface area contributed by atoms with Gasteiger partial charge in [-0.25, -0.2) is 4.98 Å². The molecule has 2 heterocycles. The van der Waals surface area contributed by atoms with E-state index in [0.29, 0.717) is 11.6 Å². The molecule has 2 N–H and O–H groups in total. The molecule has 3 rings (SSSR count). The number of nitrogen functional groups attached to an aromatic ring is 1. The molecule has 5 heteroatoms. The van der Waals surface area contributed by atoms with Crippen LogP contribution in [0.25, 0.3) is 11.3 Å². The van der Waals surface area contributed by atoms with E-state index in [-0.39, 0.29) is 5.91 Å². The minimum atomic E-state index is 0.226. The van der Waals surface area contributed by atoms with E-state index < -0.39 is 0 Å². The number of fused-ring (bicyclic) bond motifs is 1. The number of carbonyl (C=O) groups is 1. The van der Waals surface area contributed by atoms with Crippen LogP contribution in [0.4, 0.5) is 10.8 Å². The predicted octanol–water partition coefficient (Wildman–Crippen LogP) is 3.47. The molecule has 0 spiro atoms. The maximum absolute atomic E-state index is 12.2. The van der Waals surface area contributed by atoms with Gasteiger partial charge in [-0.3, -0.25) is 4.79 Å².